The van der Waals surface area contributed by atoms with Crippen LogP contribution in [0.15, 0.2) is 0 Å². The fourth-order valence-corrected chi connectivity index (χ4v) is 1.37. The highest BCUT2D eigenvalue weighted by molar-refractivity contribution is 5.81. The maximum Gasteiger partial charge on any atom is 0.250 e. The van der Waals surface area contributed by atoms with E-state index in [9.17, 15) is 4.79 Å². The maximum absolute atomic E-state index is 11.5. The third-order valence-corrected chi connectivity index (χ3v) is 2.25. The first kappa shape index (κ1) is 10.1. The van der Waals surface area contributed by atoms with Crippen LogP contribution in [-0.4, -0.2) is 24.7 Å². The first-order valence-corrected chi connectivity index (χ1v) is 4.53. The normalized spacial score (nSPS) is 29.3. The van der Waals surface area contributed by atoms with Crippen LogP contribution in [0.5, 0.6) is 0 Å². The van der Waals surface area contributed by atoms with Gasteiger partial charge in [-0.05, 0) is 19.3 Å². The highest BCUT2D eigenvalue weighted by Gasteiger charge is 2.30. The fourth-order valence-electron chi connectivity index (χ4n) is 1.37. The van der Waals surface area contributed by atoms with Crippen molar-refractivity contribution < 1.29 is 9.53 Å². The second kappa shape index (κ2) is 4.29. The molecule has 1 amide bonds. The van der Waals surface area contributed by atoms with Crippen molar-refractivity contribution >= 4 is 5.91 Å². The lowest BCUT2D eigenvalue weighted by molar-refractivity contribution is -0.131. The highest BCUT2D eigenvalue weighted by Crippen LogP contribution is 2.19. The summed E-state index contributed by atoms with van der Waals surface area (Å²) in [6.45, 7) is 4.46. The zero-order chi connectivity index (χ0) is 9.84. The van der Waals surface area contributed by atoms with Crippen LogP contribution in [0.4, 0.5) is 0 Å². The number of hydrogen-bond acceptors (Lipinski definition) is 2. The third-order valence-electron chi connectivity index (χ3n) is 2.25. The third kappa shape index (κ3) is 2.46. The number of ether oxygens (including phenoxy) is 1. The van der Waals surface area contributed by atoms with Crippen molar-refractivity contribution in [3.63, 3.8) is 0 Å². The van der Waals surface area contributed by atoms with Gasteiger partial charge in [0, 0.05) is 6.61 Å². The van der Waals surface area contributed by atoms with E-state index in [1.807, 2.05) is 6.92 Å². The standard InChI is InChI=1S/C10H15NO2/c1-4-8(3)11-10(12)9-7(2)5-6-13-9/h1,7-9H,5-6H2,2-3H3,(H,11,12)/t7-,8?,9+/m1/s1. The molecule has 1 fully saturated rings. The smallest absolute Gasteiger partial charge is 0.250 e. The highest BCUT2D eigenvalue weighted by atomic mass is 16.5. The predicted octanol–water partition coefficient (Wildman–Crippen LogP) is 0.549. The van der Waals surface area contributed by atoms with E-state index in [2.05, 4.69) is 11.2 Å². The van der Waals surface area contributed by atoms with Gasteiger partial charge in [-0.3, -0.25) is 4.79 Å². The van der Waals surface area contributed by atoms with Crippen molar-refractivity contribution in [1.82, 2.24) is 5.32 Å². The molecule has 1 heterocycles. The van der Waals surface area contributed by atoms with Crippen LogP contribution in [0.25, 0.3) is 0 Å². The van der Waals surface area contributed by atoms with Gasteiger partial charge in [0.2, 0.25) is 5.91 Å². The molecule has 72 valence electrons. The summed E-state index contributed by atoms with van der Waals surface area (Å²) in [6.07, 6.45) is 5.79. The Morgan fingerprint density at radius 1 is 1.77 bits per heavy atom. The second-order valence-electron chi connectivity index (χ2n) is 3.45. The first-order valence-electron chi connectivity index (χ1n) is 4.53. The van der Waals surface area contributed by atoms with Gasteiger partial charge in [-0.15, -0.1) is 6.42 Å². The van der Waals surface area contributed by atoms with Crippen LogP contribution in [0.1, 0.15) is 20.3 Å². The van der Waals surface area contributed by atoms with E-state index < -0.39 is 0 Å². The van der Waals surface area contributed by atoms with Crippen molar-refractivity contribution in [3.8, 4) is 12.3 Å². The molecule has 0 radical (unpaired) electrons. The topological polar surface area (TPSA) is 38.3 Å². The van der Waals surface area contributed by atoms with E-state index >= 15 is 0 Å². The average Bonchev–Trinajstić information content (AvgIpc) is 2.51. The molecule has 0 aliphatic carbocycles. The van der Waals surface area contributed by atoms with Gasteiger partial charge >= 0.3 is 0 Å². The Morgan fingerprint density at radius 3 is 2.92 bits per heavy atom. The zero-order valence-corrected chi connectivity index (χ0v) is 8.04. The quantitative estimate of drug-likeness (QED) is 0.632. The van der Waals surface area contributed by atoms with Gasteiger partial charge in [-0.25, -0.2) is 0 Å². The van der Waals surface area contributed by atoms with Gasteiger partial charge < -0.3 is 10.1 Å². The van der Waals surface area contributed by atoms with Crippen molar-refractivity contribution in [2.75, 3.05) is 6.61 Å². The molecule has 3 atom stereocenters. The number of rotatable bonds is 2. The summed E-state index contributed by atoms with van der Waals surface area (Å²) in [5.41, 5.74) is 0. The van der Waals surface area contributed by atoms with Crippen LogP contribution in [-0.2, 0) is 9.53 Å². The molecule has 13 heavy (non-hydrogen) atoms. The Morgan fingerprint density at radius 2 is 2.46 bits per heavy atom. The molecule has 0 aromatic heterocycles. The van der Waals surface area contributed by atoms with Crippen LogP contribution >= 0.6 is 0 Å². The first-order chi connectivity index (χ1) is 6.15. The molecule has 1 N–H and O–H groups in total. The Hall–Kier alpha value is -1.01. The minimum absolute atomic E-state index is 0.0875. The number of hydrogen-bond donors (Lipinski definition) is 1. The fraction of sp³-hybridized carbons (Fsp3) is 0.700. The molecule has 0 spiro atoms. The van der Waals surface area contributed by atoms with Crippen LogP contribution < -0.4 is 5.32 Å². The summed E-state index contributed by atoms with van der Waals surface area (Å²) in [4.78, 5) is 11.5. The molecular weight excluding hydrogens is 166 g/mol. The van der Waals surface area contributed by atoms with Crippen LogP contribution in [0.3, 0.4) is 0 Å². The summed E-state index contributed by atoms with van der Waals surface area (Å²) in [5.74, 6) is 2.66. The molecule has 1 rings (SSSR count). The molecule has 0 bridgehead atoms. The van der Waals surface area contributed by atoms with Gasteiger partial charge in [0.15, 0.2) is 0 Å². The van der Waals surface area contributed by atoms with E-state index in [-0.39, 0.29) is 18.1 Å². The minimum Gasteiger partial charge on any atom is -0.368 e. The predicted molar refractivity (Wildman–Crippen MR) is 50.0 cm³/mol. The van der Waals surface area contributed by atoms with E-state index in [0.29, 0.717) is 12.5 Å². The molecule has 1 saturated heterocycles. The lowest BCUT2D eigenvalue weighted by Crippen LogP contribution is -2.41. The van der Waals surface area contributed by atoms with Gasteiger partial charge in [-0.1, -0.05) is 12.8 Å². The van der Waals surface area contributed by atoms with Gasteiger partial charge in [0.25, 0.3) is 0 Å². The lowest BCUT2D eigenvalue weighted by atomic mass is 10.0. The maximum atomic E-state index is 11.5. The second-order valence-corrected chi connectivity index (χ2v) is 3.45. The number of terminal acetylenes is 1. The van der Waals surface area contributed by atoms with E-state index in [1.165, 1.54) is 0 Å². The molecule has 1 unspecified atom stereocenters. The molecule has 3 heteroatoms. The summed E-state index contributed by atoms with van der Waals surface area (Å²) >= 11 is 0. The van der Waals surface area contributed by atoms with Crippen molar-refractivity contribution in [2.45, 2.75) is 32.4 Å². The van der Waals surface area contributed by atoms with Crippen molar-refractivity contribution in [3.05, 3.63) is 0 Å². The zero-order valence-electron chi connectivity index (χ0n) is 8.04. The largest absolute Gasteiger partial charge is 0.368 e. The lowest BCUT2D eigenvalue weighted by Gasteiger charge is -2.15. The molecule has 0 saturated carbocycles. The molecular formula is C10H15NO2. The summed E-state index contributed by atoms with van der Waals surface area (Å²) < 4.78 is 5.29. The van der Waals surface area contributed by atoms with Gasteiger partial charge in [-0.2, -0.15) is 0 Å². The summed E-state index contributed by atoms with van der Waals surface area (Å²) in [6, 6.07) is -0.219. The SMILES string of the molecule is C#CC(C)NC(=O)[C@H]1OCC[C@H]1C. The summed E-state index contributed by atoms with van der Waals surface area (Å²) in [5, 5.41) is 2.70. The Bertz CT molecular complexity index is 232. The Balaban J connectivity index is 2.44. The van der Waals surface area contributed by atoms with Gasteiger partial charge in [0.1, 0.15) is 6.10 Å². The van der Waals surface area contributed by atoms with Crippen molar-refractivity contribution in [1.29, 1.82) is 0 Å². The number of carbonyl (C=O) groups excluding carboxylic acids is 1. The van der Waals surface area contributed by atoms with Crippen LogP contribution in [0.2, 0.25) is 0 Å². The van der Waals surface area contributed by atoms with E-state index in [4.69, 9.17) is 11.2 Å². The average molecular weight is 181 g/mol. The van der Waals surface area contributed by atoms with Gasteiger partial charge in [0.05, 0.1) is 6.04 Å². The monoisotopic (exact) mass is 181 g/mol. The molecule has 1 aliphatic rings. The number of amides is 1. The van der Waals surface area contributed by atoms with Crippen LogP contribution in [0, 0.1) is 18.3 Å². The van der Waals surface area contributed by atoms with E-state index in [0.717, 1.165) is 6.42 Å². The molecule has 3 nitrogen and oxygen atoms in total. The molecule has 0 aromatic carbocycles. The van der Waals surface area contributed by atoms with E-state index in [1.54, 1.807) is 6.92 Å². The Kier molecular flexibility index (Phi) is 3.32. The molecule has 1 aliphatic heterocycles. The Labute approximate surface area is 78.8 Å². The minimum atomic E-state index is -0.309. The number of nitrogens with one attached hydrogen (secondary N) is 1. The molecule has 0 aromatic rings. The summed E-state index contributed by atoms with van der Waals surface area (Å²) in [7, 11) is 0. The van der Waals surface area contributed by atoms with Crippen molar-refractivity contribution in [2.24, 2.45) is 5.92 Å². The number of carbonyl (C=O) groups is 1.